The minimum atomic E-state index is -0.113. The Hall–Kier alpha value is -2.22. The molecule has 5 rings (SSSR count). The van der Waals surface area contributed by atoms with Gasteiger partial charge in [0.1, 0.15) is 5.76 Å². The molecule has 3 saturated heterocycles. The lowest BCUT2D eigenvalue weighted by Gasteiger charge is -2.35. The number of aromatic nitrogens is 2. The topological polar surface area (TPSA) is 79.5 Å². The SMILES string of the molecule is Cc1cc(CC(=O)N2C[C@@H]3CC[C@H](C2)N(Cc2cscn2)C3=O)on1. The highest BCUT2D eigenvalue weighted by Crippen LogP contribution is 2.30. The highest BCUT2D eigenvalue weighted by Gasteiger charge is 2.42. The van der Waals surface area contributed by atoms with E-state index < -0.39 is 0 Å². The van der Waals surface area contributed by atoms with Crippen LogP contribution >= 0.6 is 11.3 Å². The molecule has 0 saturated carbocycles. The number of thiazole rings is 1. The van der Waals surface area contributed by atoms with E-state index in [1.54, 1.807) is 11.6 Å². The summed E-state index contributed by atoms with van der Waals surface area (Å²) < 4.78 is 5.16. The molecule has 0 unspecified atom stereocenters. The van der Waals surface area contributed by atoms with E-state index in [9.17, 15) is 9.59 Å². The molecule has 0 radical (unpaired) electrons. The Balaban J connectivity index is 1.48. The van der Waals surface area contributed by atoms with Gasteiger partial charge in [-0.3, -0.25) is 9.59 Å². The number of carbonyl (C=O) groups is 2. The third kappa shape index (κ3) is 3.30. The number of piperidine rings is 1. The van der Waals surface area contributed by atoms with Crippen LogP contribution < -0.4 is 0 Å². The number of hydrogen-bond donors (Lipinski definition) is 0. The van der Waals surface area contributed by atoms with E-state index in [-0.39, 0.29) is 30.2 Å². The summed E-state index contributed by atoms with van der Waals surface area (Å²) >= 11 is 1.53. The zero-order chi connectivity index (χ0) is 17.4. The summed E-state index contributed by atoms with van der Waals surface area (Å²) in [5, 5.41) is 5.80. The largest absolute Gasteiger partial charge is 0.361 e. The molecule has 25 heavy (non-hydrogen) atoms. The normalized spacial score (nSPS) is 23.2. The number of fused-ring (bicyclic) bond motifs is 4. The molecular weight excluding hydrogens is 340 g/mol. The minimum absolute atomic E-state index is 0.00337. The quantitative estimate of drug-likeness (QED) is 0.828. The summed E-state index contributed by atoms with van der Waals surface area (Å²) in [7, 11) is 0. The predicted octanol–water partition coefficient (Wildman–Crippen LogP) is 1.63. The van der Waals surface area contributed by atoms with Gasteiger partial charge in [-0.2, -0.15) is 0 Å². The Bertz CT molecular complexity index is 773. The van der Waals surface area contributed by atoms with Crippen molar-refractivity contribution in [1.29, 1.82) is 0 Å². The average Bonchev–Trinajstić information content (AvgIpc) is 3.15. The fourth-order valence-corrected chi connectivity index (χ4v) is 4.25. The van der Waals surface area contributed by atoms with Crippen LogP contribution in [-0.4, -0.2) is 50.9 Å². The molecule has 0 spiro atoms. The van der Waals surface area contributed by atoms with E-state index in [0.29, 0.717) is 25.4 Å². The second kappa shape index (κ2) is 6.59. The monoisotopic (exact) mass is 360 g/mol. The lowest BCUT2D eigenvalue weighted by atomic mass is 9.94. The molecule has 2 amide bonds. The van der Waals surface area contributed by atoms with Gasteiger partial charge in [0.25, 0.3) is 0 Å². The summed E-state index contributed by atoms with van der Waals surface area (Å²) in [5.74, 6) is 0.606. The second-order valence-corrected chi connectivity index (χ2v) is 7.50. The molecule has 3 fully saturated rings. The zero-order valence-electron chi connectivity index (χ0n) is 14.1. The van der Waals surface area contributed by atoms with Gasteiger partial charge in [0.05, 0.1) is 35.8 Å². The van der Waals surface area contributed by atoms with Crippen molar-refractivity contribution in [2.24, 2.45) is 5.92 Å². The van der Waals surface area contributed by atoms with Crippen LogP contribution in [-0.2, 0) is 22.6 Å². The number of aryl methyl sites for hydroxylation is 1. The molecule has 2 bridgehead atoms. The molecular formula is C17H20N4O3S. The first-order chi connectivity index (χ1) is 12.1. The zero-order valence-corrected chi connectivity index (χ0v) is 14.9. The van der Waals surface area contributed by atoms with Gasteiger partial charge >= 0.3 is 0 Å². The Labute approximate surface area is 149 Å². The molecule has 2 aromatic heterocycles. The van der Waals surface area contributed by atoms with E-state index in [4.69, 9.17) is 4.52 Å². The fourth-order valence-electron chi connectivity index (χ4n) is 3.70. The van der Waals surface area contributed by atoms with E-state index >= 15 is 0 Å². The maximum absolute atomic E-state index is 12.8. The first kappa shape index (κ1) is 16.3. The molecule has 5 heterocycles. The van der Waals surface area contributed by atoms with Crippen molar-refractivity contribution in [3.05, 3.63) is 34.1 Å². The first-order valence-electron chi connectivity index (χ1n) is 8.47. The van der Waals surface area contributed by atoms with Gasteiger partial charge in [0.15, 0.2) is 0 Å². The third-order valence-electron chi connectivity index (χ3n) is 4.96. The fraction of sp³-hybridized carbons (Fsp3) is 0.529. The van der Waals surface area contributed by atoms with Crippen molar-refractivity contribution >= 4 is 23.2 Å². The van der Waals surface area contributed by atoms with Crippen molar-refractivity contribution in [3.8, 4) is 0 Å². The molecule has 0 N–H and O–H groups in total. The van der Waals surface area contributed by atoms with Gasteiger partial charge < -0.3 is 14.3 Å². The van der Waals surface area contributed by atoms with E-state index in [2.05, 4.69) is 10.1 Å². The molecule has 2 atom stereocenters. The minimum Gasteiger partial charge on any atom is -0.361 e. The smallest absolute Gasteiger partial charge is 0.230 e. The van der Waals surface area contributed by atoms with E-state index in [0.717, 1.165) is 24.2 Å². The average molecular weight is 360 g/mol. The maximum Gasteiger partial charge on any atom is 0.230 e. The molecule has 3 aliphatic rings. The maximum atomic E-state index is 12.8. The van der Waals surface area contributed by atoms with Crippen LogP contribution in [0.2, 0.25) is 0 Å². The number of nitrogens with zero attached hydrogens (tertiary/aromatic N) is 4. The van der Waals surface area contributed by atoms with Crippen molar-refractivity contribution in [2.45, 2.75) is 38.8 Å². The number of amides is 2. The molecule has 0 aliphatic carbocycles. The van der Waals surface area contributed by atoms with Gasteiger partial charge in [-0.05, 0) is 19.8 Å². The highest BCUT2D eigenvalue weighted by atomic mass is 32.1. The van der Waals surface area contributed by atoms with Crippen LogP contribution in [0, 0.1) is 12.8 Å². The Morgan fingerprint density at radius 3 is 3.00 bits per heavy atom. The number of carbonyl (C=O) groups excluding carboxylic acids is 2. The summed E-state index contributed by atoms with van der Waals surface area (Å²) in [6.45, 7) is 3.44. The molecule has 2 aromatic rings. The van der Waals surface area contributed by atoms with Gasteiger partial charge in [0.2, 0.25) is 11.8 Å². The van der Waals surface area contributed by atoms with Crippen molar-refractivity contribution in [3.63, 3.8) is 0 Å². The van der Waals surface area contributed by atoms with Gasteiger partial charge in [-0.1, -0.05) is 5.16 Å². The van der Waals surface area contributed by atoms with Crippen LogP contribution in [0.3, 0.4) is 0 Å². The van der Waals surface area contributed by atoms with Gasteiger partial charge in [-0.25, -0.2) is 4.98 Å². The number of hydrogen-bond acceptors (Lipinski definition) is 6. The Kier molecular flexibility index (Phi) is 4.29. The first-order valence-corrected chi connectivity index (χ1v) is 9.42. The Morgan fingerprint density at radius 1 is 1.40 bits per heavy atom. The van der Waals surface area contributed by atoms with Crippen LogP contribution in [0.5, 0.6) is 0 Å². The number of rotatable bonds is 4. The van der Waals surface area contributed by atoms with Crippen molar-refractivity contribution in [2.75, 3.05) is 13.1 Å². The lowest BCUT2D eigenvalue weighted by molar-refractivity contribution is -0.140. The van der Waals surface area contributed by atoms with Crippen LogP contribution in [0.4, 0.5) is 0 Å². The Morgan fingerprint density at radius 2 is 2.28 bits per heavy atom. The molecule has 8 heteroatoms. The molecule has 0 aromatic carbocycles. The summed E-state index contributed by atoms with van der Waals surface area (Å²) in [5.41, 5.74) is 3.47. The second-order valence-electron chi connectivity index (χ2n) is 6.78. The van der Waals surface area contributed by atoms with Crippen LogP contribution in [0.25, 0.3) is 0 Å². The highest BCUT2D eigenvalue weighted by molar-refractivity contribution is 7.07. The predicted molar refractivity (Wildman–Crippen MR) is 90.7 cm³/mol. The summed E-state index contributed by atoms with van der Waals surface area (Å²) in [6.07, 6.45) is 1.98. The summed E-state index contributed by atoms with van der Waals surface area (Å²) in [4.78, 5) is 33.5. The lowest BCUT2D eigenvalue weighted by Crippen LogP contribution is -2.47. The van der Waals surface area contributed by atoms with E-state index in [1.807, 2.05) is 22.1 Å². The third-order valence-corrected chi connectivity index (χ3v) is 5.60. The molecule has 3 aliphatic heterocycles. The van der Waals surface area contributed by atoms with Gasteiger partial charge in [-0.15, -0.1) is 11.3 Å². The standard InChI is InChI=1S/C17H20N4O3S/c1-11-4-15(24-19-11)5-16(22)20-6-12-2-3-14(8-20)21(17(12)23)7-13-9-25-10-18-13/h4,9-10,12,14H,2-3,5-8H2,1H3/t12-,14+/m0/s1. The van der Waals surface area contributed by atoms with Crippen molar-refractivity contribution < 1.29 is 14.1 Å². The van der Waals surface area contributed by atoms with Crippen molar-refractivity contribution in [1.82, 2.24) is 19.9 Å². The molecule has 132 valence electrons. The molecule has 7 nitrogen and oxygen atoms in total. The summed E-state index contributed by atoms with van der Waals surface area (Å²) in [6, 6.07) is 1.85. The van der Waals surface area contributed by atoms with Crippen LogP contribution in [0.1, 0.15) is 30.0 Å². The van der Waals surface area contributed by atoms with Gasteiger partial charge in [0, 0.05) is 30.6 Å². The van der Waals surface area contributed by atoms with Crippen LogP contribution in [0.15, 0.2) is 21.5 Å². The van der Waals surface area contributed by atoms with E-state index in [1.165, 1.54) is 11.3 Å².